The quantitative estimate of drug-likeness (QED) is 0.738. The number of nitrogens with zero attached hydrogens (tertiary/aromatic N) is 1. The van der Waals surface area contributed by atoms with E-state index in [1.54, 1.807) is 18.5 Å². The van der Waals surface area contributed by atoms with Gasteiger partial charge in [0, 0.05) is 24.8 Å². The molecule has 3 aromatic rings. The molecule has 1 aliphatic heterocycles. The molecule has 2 aromatic heterocycles. The van der Waals surface area contributed by atoms with Gasteiger partial charge in [0.2, 0.25) is 6.79 Å². The first kappa shape index (κ1) is 16.0. The number of amides is 2. The van der Waals surface area contributed by atoms with Crippen LogP contribution in [0.5, 0.6) is 11.5 Å². The lowest BCUT2D eigenvalue weighted by Crippen LogP contribution is -2.34. The highest BCUT2D eigenvalue weighted by Crippen LogP contribution is 2.32. The summed E-state index contributed by atoms with van der Waals surface area (Å²) in [4.78, 5) is 16.4. The van der Waals surface area contributed by atoms with Gasteiger partial charge in [-0.25, -0.2) is 4.79 Å². The van der Waals surface area contributed by atoms with Crippen molar-refractivity contribution < 1.29 is 18.7 Å². The summed E-state index contributed by atoms with van der Waals surface area (Å²) in [7, 11) is 0. The maximum Gasteiger partial charge on any atom is 0.315 e. The molecule has 1 aliphatic rings. The lowest BCUT2D eigenvalue weighted by Gasteiger charge is -2.10. The molecule has 3 heterocycles. The summed E-state index contributed by atoms with van der Waals surface area (Å²) in [5.74, 6) is 2.09. The van der Waals surface area contributed by atoms with Crippen LogP contribution in [0.3, 0.4) is 0 Å². The zero-order valence-corrected chi connectivity index (χ0v) is 13.9. The standard InChI is InChI=1S/C19H17N3O4/c23-19(21-10-13-5-6-15-17(9-13)26-12-25-15)22-11-14-3-1-7-20-18(14)16-4-2-8-24-16/h1-9H,10-12H2,(H2,21,22,23). The SMILES string of the molecule is O=C(NCc1ccc2c(c1)OCO2)NCc1cccnc1-c1ccco1. The van der Waals surface area contributed by atoms with E-state index in [-0.39, 0.29) is 12.8 Å². The van der Waals surface area contributed by atoms with E-state index in [1.807, 2.05) is 36.4 Å². The molecule has 4 rings (SSSR count). The number of furan rings is 1. The molecule has 0 bridgehead atoms. The van der Waals surface area contributed by atoms with E-state index < -0.39 is 0 Å². The fourth-order valence-electron chi connectivity index (χ4n) is 2.69. The van der Waals surface area contributed by atoms with Crippen molar-refractivity contribution in [2.24, 2.45) is 0 Å². The number of carbonyl (C=O) groups is 1. The number of hydrogen-bond acceptors (Lipinski definition) is 5. The number of aromatic nitrogens is 1. The van der Waals surface area contributed by atoms with Gasteiger partial charge in [-0.05, 0) is 35.9 Å². The van der Waals surface area contributed by atoms with E-state index >= 15 is 0 Å². The van der Waals surface area contributed by atoms with Crippen molar-refractivity contribution in [2.45, 2.75) is 13.1 Å². The largest absolute Gasteiger partial charge is 0.463 e. The van der Waals surface area contributed by atoms with E-state index in [4.69, 9.17) is 13.9 Å². The Hall–Kier alpha value is -3.48. The summed E-state index contributed by atoms with van der Waals surface area (Å²) in [6.45, 7) is 0.965. The van der Waals surface area contributed by atoms with Crippen LogP contribution < -0.4 is 20.1 Å². The third-order valence-corrected chi connectivity index (χ3v) is 3.98. The van der Waals surface area contributed by atoms with Crippen LogP contribution in [0.2, 0.25) is 0 Å². The molecule has 0 spiro atoms. The predicted molar refractivity (Wildman–Crippen MR) is 93.6 cm³/mol. The van der Waals surface area contributed by atoms with Crippen molar-refractivity contribution in [1.82, 2.24) is 15.6 Å². The molecule has 2 amide bonds. The molecule has 2 N–H and O–H groups in total. The Morgan fingerprint density at radius 1 is 1.04 bits per heavy atom. The second-order valence-electron chi connectivity index (χ2n) is 5.71. The van der Waals surface area contributed by atoms with Gasteiger partial charge >= 0.3 is 6.03 Å². The van der Waals surface area contributed by atoms with Crippen LogP contribution >= 0.6 is 0 Å². The van der Waals surface area contributed by atoms with Crippen LogP contribution in [0.4, 0.5) is 4.79 Å². The summed E-state index contributed by atoms with van der Waals surface area (Å²) in [5, 5.41) is 5.66. The Bertz CT molecular complexity index is 909. The average molecular weight is 351 g/mol. The fraction of sp³-hybridized carbons (Fsp3) is 0.158. The predicted octanol–water partition coefficient (Wildman–Crippen LogP) is 3.07. The number of urea groups is 1. The minimum Gasteiger partial charge on any atom is -0.463 e. The molecule has 1 aromatic carbocycles. The molecule has 7 heteroatoms. The minimum absolute atomic E-state index is 0.232. The highest BCUT2D eigenvalue weighted by Gasteiger charge is 2.14. The highest BCUT2D eigenvalue weighted by molar-refractivity contribution is 5.74. The summed E-state index contributed by atoms with van der Waals surface area (Å²) >= 11 is 0. The Morgan fingerprint density at radius 2 is 1.92 bits per heavy atom. The van der Waals surface area contributed by atoms with Crippen LogP contribution in [-0.2, 0) is 13.1 Å². The molecule has 0 aliphatic carbocycles. The summed E-state index contributed by atoms with van der Waals surface area (Å²) < 4.78 is 16.0. The monoisotopic (exact) mass is 351 g/mol. The van der Waals surface area contributed by atoms with Crippen LogP contribution in [0, 0.1) is 0 Å². The Kier molecular flexibility index (Phi) is 4.42. The first-order chi connectivity index (χ1) is 12.8. The molecule has 0 saturated carbocycles. The molecule has 0 fully saturated rings. The minimum atomic E-state index is -0.267. The van der Waals surface area contributed by atoms with Crippen molar-refractivity contribution in [1.29, 1.82) is 0 Å². The smallest absolute Gasteiger partial charge is 0.315 e. The number of rotatable bonds is 5. The van der Waals surface area contributed by atoms with Crippen LogP contribution in [0.1, 0.15) is 11.1 Å². The van der Waals surface area contributed by atoms with Crippen LogP contribution in [0.15, 0.2) is 59.3 Å². The Labute approximate surface area is 150 Å². The molecule has 0 radical (unpaired) electrons. The highest BCUT2D eigenvalue weighted by atomic mass is 16.7. The van der Waals surface area contributed by atoms with Gasteiger partial charge < -0.3 is 24.5 Å². The van der Waals surface area contributed by atoms with E-state index in [0.717, 1.165) is 16.9 Å². The topological polar surface area (TPSA) is 85.6 Å². The lowest BCUT2D eigenvalue weighted by molar-refractivity contribution is 0.174. The molecule has 26 heavy (non-hydrogen) atoms. The van der Waals surface area contributed by atoms with Crippen molar-refractivity contribution in [3.8, 4) is 23.0 Å². The third kappa shape index (κ3) is 3.46. The maximum atomic E-state index is 12.1. The molecular weight excluding hydrogens is 334 g/mol. The van der Waals surface area contributed by atoms with Gasteiger partial charge in [-0.3, -0.25) is 4.98 Å². The molecule has 0 saturated heterocycles. The van der Waals surface area contributed by atoms with Gasteiger partial charge in [0.05, 0.1) is 6.26 Å². The number of carbonyl (C=O) groups excluding carboxylic acids is 1. The van der Waals surface area contributed by atoms with Gasteiger partial charge in [-0.15, -0.1) is 0 Å². The molecule has 132 valence electrons. The maximum absolute atomic E-state index is 12.1. The Balaban J connectivity index is 1.33. The van der Waals surface area contributed by atoms with E-state index in [0.29, 0.717) is 30.3 Å². The van der Waals surface area contributed by atoms with Crippen molar-refractivity contribution in [3.63, 3.8) is 0 Å². The number of benzene rings is 1. The number of pyridine rings is 1. The van der Waals surface area contributed by atoms with Crippen molar-refractivity contribution >= 4 is 6.03 Å². The van der Waals surface area contributed by atoms with Crippen molar-refractivity contribution in [3.05, 3.63) is 66.1 Å². The summed E-state index contributed by atoms with van der Waals surface area (Å²) in [6, 6.07) is 12.7. The van der Waals surface area contributed by atoms with E-state index in [1.165, 1.54) is 0 Å². The van der Waals surface area contributed by atoms with Crippen LogP contribution in [0.25, 0.3) is 11.5 Å². The number of ether oxygens (including phenoxy) is 2. The molecular formula is C19H17N3O4. The lowest BCUT2D eigenvalue weighted by atomic mass is 10.1. The number of fused-ring (bicyclic) bond motifs is 1. The first-order valence-corrected chi connectivity index (χ1v) is 8.17. The molecule has 0 atom stereocenters. The fourth-order valence-corrected chi connectivity index (χ4v) is 2.69. The third-order valence-electron chi connectivity index (χ3n) is 3.98. The zero-order valence-electron chi connectivity index (χ0n) is 13.9. The second-order valence-corrected chi connectivity index (χ2v) is 5.71. The number of nitrogens with one attached hydrogen (secondary N) is 2. The normalized spacial score (nSPS) is 12.0. The first-order valence-electron chi connectivity index (χ1n) is 8.17. The molecule has 7 nitrogen and oxygen atoms in total. The van der Waals surface area contributed by atoms with E-state index in [9.17, 15) is 4.79 Å². The number of hydrogen-bond donors (Lipinski definition) is 2. The zero-order chi connectivity index (χ0) is 17.8. The van der Waals surface area contributed by atoms with Gasteiger partial charge in [-0.1, -0.05) is 12.1 Å². The van der Waals surface area contributed by atoms with Gasteiger partial charge in [0.1, 0.15) is 5.69 Å². The van der Waals surface area contributed by atoms with E-state index in [2.05, 4.69) is 15.6 Å². The average Bonchev–Trinajstić information content (AvgIpc) is 3.36. The van der Waals surface area contributed by atoms with Gasteiger partial charge in [-0.2, -0.15) is 0 Å². The van der Waals surface area contributed by atoms with Crippen LogP contribution in [-0.4, -0.2) is 17.8 Å². The van der Waals surface area contributed by atoms with Gasteiger partial charge in [0.25, 0.3) is 0 Å². The summed E-state index contributed by atoms with van der Waals surface area (Å²) in [6.07, 6.45) is 3.29. The Morgan fingerprint density at radius 3 is 2.81 bits per heavy atom. The van der Waals surface area contributed by atoms with Gasteiger partial charge in [0.15, 0.2) is 17.3 Å². The van der Waals surface area contributed by atoms with Crippen molar-refractivity contribution in [2.75, 3.05) is 6.79 Å². The second kappa shape index (κ2) is 7.18. The summed E-state index contributed by atoms with van der Waals surface area (Å²) in [5.41, 5.74) is 2.52. The molecule has 0 unspecified atom stereocenters.